The van der Waals surface area contributed by atoms with Crippen LogP contribution in [0.3, 0.4) is 0 Å². The van der Waals surface area contributed by atoms with Crippen LogP contribution >= 0.6 is 0 Å². The van der Waals surface area contributed by atoms with Crippen molar-refractivity contribution >= 4 is 39.2 Å². The molecule has 0 bridgehead atoms. The van der Waals surface area contributed by atoms with Gasteiger partial charge in [0, 0.05) is 16.9 Å². The van der Waals surface area contributed by atoms with Gasteiger partial charge < -0.3 is 19.5 Å². The van der Waals surface area contributed by atoms with Crippen molar-refractivity contribution < 1.29 is 14.2 Å². The van der Waals surface area contributed by atoms with Crippen LogP contribution in [-0.4, -0.2) is 68.6 Å². The normalized spacial score (nSPS) is 24.4. The molecule has 22 heavy (non-hydrogen) atoms. The van der Waals surface area contributed by atoms with Gasteiger partial charge in [-0.15, -0.1) is 0 Å². The molecule has 0 aromatic heterocycles. The zero-order valence-electron chi connectivity index (χ0n) is 12.2. The summed E-state index contributed by atoms with van der Waals surface area (Å²) in [7, 11) is 29.1. The Morgan fingerprint density at radius 3 is 2.14 bits per heavy atom. The first-order valence-corrected chi connectivity index (χ1v) is 7.07. The number of ether oxygens (including phenoxy) is 3. The molecular weight excluding hydrogens is 272 g/mol. The molecule has 1 fully saturated rings. The SMILES string of the molecule is [B]C1(Oc2ccc3c(c2)OC([B])([B])C([B])([B])O3)CCNCC1. The van der Waals surface area contributed by atoms with E-state index in [1.165, 1.54) is 0 Å². The first-order valence-electron chi connectivity index (χ1n) is 7.07. The van der Waals surface area contributed by atoms with Crippen LogP contribution in [0.1, 0.15) is 12.8 Å². The van der Waals surface area contributed by atoms with Crippen molar-refractivity contribution in [3.05, 3.63) is 18.2 Å². The van der Waals surface area contributed by atoms with Gasteiger partial charge in [0.05, 0.1) is 5.50 Å². The second kappa shape index (κ2) is 5.22. The summed E-state index contributed by atoms with van der Waals surface area (Å²) < 4.78 is 16.7. The van der Waals surface area contributed by atoms with E-state index in [4.69, 9.17) is 53.4 Å². The third-order valence-electron chi connectivity index (χ3n) is 3.85. The number of rotatable bonds is 2. The number of piperidine rings is 1. The quantitative estimate of drug-likeness (QED) is 0.712. The van der Waals surface area contributed by atoms with Crippen molar-refractivity contribution in [2.75, 3.05) is 13.1 Å². The van der Waals surface area contributed by atoms with Gasteiger partial charge in [-0.1, -0.05) is 0 Å². The Kier molecular flexibility index (Phi) is 3.75. The van der Waals surface area contributed by atoms with Gasteiger partial charge in [-0.05, 0) is 38.1 Å². The number of benzene rings is 1. The van der Waals surface area contributed by atoms with Gasteiger partial charge in [0.2, 0.25) is 0 Å². The summed E-state index contributed by atoms with van der Waals surface area (Å²) in [4.78, 5) is 0. The molecule has 0 saturated carbocycles. The van der Waals surface area contributed by atoms with Crippen molar-refractivity contribution in [3.63, 3.8) is 0 Å². The van der Waals surface area contributed by atoms with Gasteiger partial charge in [-0.25, -0.2) is 0 Å². The Morgan fingerprint density at radius 2 is 1.50 bits per heavy atom. The second-order valence-electron chi connectivity index (χ2n) is 5.82. The second-order valence-corrected chi connectivity index (χ2v) is 5.82. The lowest BCUT2D eigenvalue weighted by Crippen LogP contribution is -2.65. The maximum Gasteiger partial charge on any atom is 0.163 e. The molecule has 0 amide bonds. The van der Waals surface area contributed by atoms with Crippen LogP contribution in [-0.2, 0) is 0 Å². The third kappa shape index (κ3) is 2.88. The summed E-state index contributed by atoms with van der Waals surface area (Å²) >= 11 is 0. The molecule has 2 heterocycles. The summed E-state index contributed by atoms with van der Waals surface area (Å²) in [5.74, 6) is 1.16. The first kappa shape index (κ1) is 15.8. The van der Waals surface area contributed by atoms with Crippen LogP contribution in [0.5, 0.6) is 17.2 Å². The zero-order valence-corrected chi connectivity index (χ0v) is 12.2. The van der Waals surface area contributed by atoms with E-state index >= 15 is 0 Å². The predicted molar refractivity (Wildman–Crippen MR) is 87.4 cm³/mol. The Labute approximate surface area is 137 Å². The Balaban J connectivity index is 1.83. The summed E-state index contributed by atoms with van der Waals surface area (Å²) in [6.07, 6.45) is 1.40. The molecular formula is C13H12B5NO3. The highest BCUT2D eigenvalue weighted by Crippen LogP contribution is 2.41. The maximum atomic E-state index is 6.24. The Morgan fingerprint density at radius 1 is 0.909 bits per heavy atom. The van der Waals surface area contributed by atoms with E-state index in [2.05, 4.69) is 5.32 Å². The molecule has 1 aromatic carbocycles. The maximum absolute atomic E-state index is 6.24. The summed E-state index contributed by atoms with van der Waals surface area (Å²) in [5, 5.41) is -0.478. The average molecular weight is 284 g/mol. The fourth-order valence-corrected chi connectivity index (χ4v) is 2.43. The molecule has 1 aromatic rings. The van der Waals surface area contributed by atoms with Crippen LogP contribution in [0.25, 0.3) is 0 Å². The minimum atomic E-state index is -1.87. The highest BCUT2D eigenvalue weighted by atomic mass is 16.6. The molecule has 9 heteroatoms. The molecule has 3 rings (SSSR count). The average Bonchev–Trinajstić information content (AvgIpc) is 2.40. The number of hydrogen-bond acceptors (Lipinski definition) is 4. The molecule has 0 aliphatic carbocycles. The Bertz CT molecular complexity index is 575. The molecule has 0 unspecified atom stereocenters. The van der Waals surface area contributed by atoms with E-state index < -0.39 is 16.3 Å². The summed E-state index contributed by atoms with van der Waals surface area (Å²) in [5.41, 5.74) is -0.719. The highest BCUT2D eigenvalue weighted by molar-refractivity contribution is 6.53. The van der Waals surface area contributed by atoms with Gasteiger partial charge in [0.15, 0.2) is 11.5 Å². The predicted octanol–water partition coefficient (Wildman–Crippen LogP) is -0.934. The lowest BCUT2D eigenvalue weighted by atomic mass is 9.41. The largest absolute Gasteiger partial charge is 0.501 e. The van der Waals surface area contributed by atoms with Gasteiger partial charge in [-0.3, -0.25) is 0 Å². The van der Waals surface area contributed by atoms with E-state index in [0.29, 0.717) is 30.1 Å². The van der Waals surface area contributed by atoms with E-state index in [0.717, 1.165) is 13.1 Å². The lowest BCUT2D eigenvalue weighted by molar-refractivity contribution is 0.0602. The topological polar surface area (TPSA) is 39.7 Å². The minimum Gasteiger partial charge on any atom is -0.501 e. The highest BCUT2D eigenvalue weighted by Gasteiger charge is 2.43. The van der Waals surface area contributed by atoms with Crippen molar-refractivity contribution in [1.29, 1.82) is 0 Å². The van der Waals surface area contributed by atoms with Gasteiger partial charge >= 0.3 is 0 Å². The molecule has 4 nitrogen and oxygen atoms in total. The standard InChI is InChI=1S/C13H12B5NO3/c14-11(3-5-19-6-4-11)20-8-1-2-9-10(7-8)22-13(17,18)12(15,16)21-9/h1-2,7,19H,3-6H2. The minimum absolute atomic E-state index is 0.298. The molecule has 0 spiro atoms. The molecule has 10 radical (unpaired) electrons. The van der Waals surface area contributed by atoms with Crippen molar-refractivity contribution in [3.8, 4) is 17.2 Å². The van der Waals surface area contributed by atoms with Crippen molar-refractivity contribution in [2.24, 2.45) is 0 Å². The molecule has 2 aliphatic rings. The number of nitrogens with one attached hydrogen (secondary N) is 1. The van der Waals surface area contributed by atoms with Gasteiger partial charge in [0.1, 0.15) is 45.0 Å². The van der Waals surface area contributed by atoms with Crippen molar-refractivity contribution in [2.45, 2.75) is 29.1 Å². The zero-order chi connectivity index (χ0) is 16.0. The smallest absolute Gasteiger partial charge is 0.163 e. The van der Waals surface area contributed by atoms with Crippen LogP contribution in [0.4, 0.5) is 0 Å². The van der Waals surface area contributed by atoms with Crippen LogP contribution < -0.4 is 19.5 Å². The van der Waals surface area contributed by atoms with Crippen LogP contribution in [0, 0.1) is 0 Å². The molecule has 1 N–H and O–H groups in total. The number of fused-ring (bicyclic) bond motifs is 1. The van der Waals surface area contributed by atoms with Crippen molar-refractivity contribution in [1.82, 2.24) is 5.32 Å². The van der Waals surface area contributed by atoms with E-state index in [9.17, 15) is 0 Å². The van der Waals surface area contributed by atoms with E-state index in [1.54, 1.807) is 18.2 Å². The number of hydrogen-bond donors (Lipinski definition) is 1. The summed E-state index contributed by atoms with van der Waals surface area (Å²) in [6, 6.07) is 4.93. The molecule has 102 valence electrons. The van der Waals surface area contributed by atoms with E-state index in [-0.39, 0.29) is 0 Å². The monoisotopic (exact) mass is 285 g/mol. The van der Waals surface area contributed by atoms with Crippen LogP contribution in [0.2, 0.25) is 0 Å². The first-order chi connectivity index (χ1) is 10.2. The third-order valence-corrected chi connectivity index (χ3v) is 3.85. The van der Waals surface area contributed by atoms with E-state index in [1.807, 2.05) is 0 Å². The fraction of sp³-hybridized carbons (Fsp3) is 0.538. The lowest BCUT2D eigenvalue weighted by Gasteiger charge is -2.48. The molecule has 1 saturated heterocycles. The summed E-state index contributed by atoms with van der Waals surface area (Å²) in [6.45, 7) is 1.61. The fourth-order valence-electron chi connectivity index (χ4n) is 2.43. The van der Waals surface area contributed by atoms with Gasteiger partial charge in [-0.2, -0.15) is 0 Å². The molecule has 2 aliphatic heterocycles. The van der Waals surface area contributed by atoms with Crippen LogP contribution in [0.15, 0.2) is 18.2 Å². The van der Waals surface area contributed by atoms with Gasteiger partial charge in [0.25, 0.3) is 0 Å². The molecule has 0 atom stereocenters. The Hall–Kier alpha value is -1.10.